The first-order chi connectivity index (χ1) is 14.9. The zero-order chi connectivity index (χ0) is 21.9. The molecule has 2 aromatic rings. The molecule has 3 aliphatic heterocycles. The minimum absolute atomic E-state index is 0.0435. The van der Waals surface area contributed by atoms with Gasteiger partial charge in [-0.1, -0.05) is 13.8 Å². The van der Waals surface area contributed by atoms with Crippen molar-refractivity contribution in [3.63, 3.8) is 0 Å². The summed E-state index contributed by atoms with van der Waals surface area (Å²) in [6, 6.07) is 7.90. The summed E-state index contributed by atoms with van der Waals surface area (Å²) in [5.41, 5.74) is 1.36. The van der Waals surface area contributed by atoms with Crippen LogP contribution in [0.25, 0.3) is 10.9 Å². The molecule has 5 rings (SSSR count). The van der Waals surface area contributed by atoms with Crippen molar-refractivity contribution in [3.05, 3.63) is 36.0 Å². The third-order valence-electron chi connectivity index (χ3n) is 6.29. The topological polar surface area (TPSA) is 92.6 Å². The van der Waals surface area contributed by atoms with Gasteiger partial charge in [-0.25, -0.2) is 9.69 Å². The molecule has 3 atom stereocenters. The molecule has 3 aliphatic rings. The van der Waals surface area contributed by atoms with Gasteiger partial charge in [-0.15, -0.1) is 0 Å². The molecule has 31 heavy (non-hydrogen) atoms. The number of carbonyl (C=O) groups is 2. The Labute approximate surface area is 185 Å². The molecule has 0 radical (unpaired) electrons. The van der Waals surface area contributed by atoms with Crippen molar-refractivity contribution >= 4 is 45.9 Å². The Bertz CT molecular complexity index is 1160. The van der Waals surface area contributed by atoms with Crippen LogP contribution in [0.2, 0.25) is 0 Å². The van der Waals surface area contributed by atoms with E-state index in [2.05, 4.69) is 35.1 Å². The molecular formula is C22H22N6O2S. The van der Waals surface area contributed by atoms with E-state index in [0.717, 1.165) is 13.0 Å². The van der Waals surface area contributed by atoms with Crippen LogP contribution in [0.4, 0.5) is 10.5 Å². The number of nitriles is 1. The second-order valence-corrected chi connectivity index (χ2v) is 9.03. The normalized spacial score (nSPS) is 24.3. The SMILES string of the molecule is CC(C)CNC(=S)N1C[C@@H]2C[C@H]1[C@H]1C(=O)N(c3ccc(C#N)c4ncccc34)C(=O)N21. The average Bonchev–Trinajstić information content (AvgIpc) is 3.43. The number of amides is 3. The lowest BCUT2D eigenvalue weighted by atomic mass is 10.1. The predicted molar refractivity (Wildman–Crippen MR) is 119 cm³/mol. The monoisotopic (exact) mass is 434 g/mol. The fourth-order valence-corrected chi connectivity index (χ4v) is 5.24. The smallest absolute Gasteiger partial charge is 0.332 e. The molecular weight excluding hydrogens is 412 g/mol. The number of nitrogens with one attached hydrogen (secondary N) is 1. The number of urea groups is 1. The van der Waals surface area contributed by atoms with Gasteiger partial charge in [0.05, 0.1) is 28.9 Å². The molecule has 0 aliphatic carbocycles. The first-order valence-electron chi connectivity index (χ1n) is 10.4. The number of thiocarbonyl (C=S) groups is 1. The number of hydrogen-bond acceptors (Lipinski definition) is 5. The van der Waals surface area contributed by atoms with Crippen molar-refractivity contribution in [1.82, 2.24) is 20.1 Å². The molecule has 3 amide bonds. The molecule has 8 nitrogen and oxygen atoms in total. The van der Waals surface area contributed by atoms with Gasteiger partial charge in [0.1, 0.15) is 12.1 Å². The molecule has 0 unspecified atom stereocenters. The fourth-order valence-electron chi connectivity index (χ4n) is 4.95. The van der Waals surface area contributed by atoms with Crippen LogP contribution < -0.4 is 10.2 Å². The number of carbonyl (C=O) groups excluding carboxylic acids is 2. The van der Waals surface area contributed by atoms with E-state index in [9.17, 15) is 14.9 Å². The summed E-state index contributed by atoms with van der Waals surface area (Å²) in [5.74, 6) is 0.210. The molecule has 158 valence electrons. The van der Waals surface area contributed by atoms with Gasteiger partial charge < -0.3 is 15.1 Å². The predicted octanol–water partition coefficient (Wildman–Crippen LogP) is 2.23. The number of benzene rings is 1. The van der Waals surface area contributed by atoms with Crippen molar-refractivity contribution in [2.45, 2.75) is 38.4 Å². The van der Waals surface area contributed by atoms with E-state index in [4.69, 9.17) is 12.2 Å². The van der Waals surface area contributed by atoms with E-state index >= 15 is 0 Å². The van der Waals surface area contributed by atoms with E-state index in [1.54, 1.807) is 35.4 Å². The molecule has 9 heteroatoms. The van der Waals surface area contributed by atoms with Crippen molar-refractivity contribution in [2.24, 2.45) is 5.92 Å². The highest BCUT2D eigenvalue weighted by molar-refractivity contribution is 7.80. The number of piperazine rings is 1. The highest BCUT2D eigenvalue weighted by Crippen LogP contribution is 2.43. The van der Waals surface area contributed by atoms with Crippen LogP contribution in [-0.2, 0) is 4.79 Å². The van der Waals surface area contributed by atoms with E-state index in [-0.39, 0.29) is 24.0 Å². The van der Waals surface area contributed by atoms with Crippen molar-refractivity contribution in [1.29, 1.82) is 5.26 Å². The highest BCUT2D eigenvalue weighted by Gasteiger charge is 2.62. The second kappa shape index (κ2) is 7.17. The molecule has 0 spiro atoms. The van der Waals surface area contributed by atoms with Gasteiger partial charge in [0.25, 0.3) is 5.91 Å². The molecule has 1 N–H and O–H groups in total. The third kappa shape index (κ3) is 2.86. The van der Waals surface area contributed by atoms with Crippen LogP contribution in [0.5, 0.6) is 0 Å². The molecule has 3 fully saturated rings. The van der Waals surface area contributed by atoms with Crippen molar-refractivity contribution < 1.29 is 9.59 Å². The Morgan fingerprint density at radius 1 is 1.35 bits per heavy atom. The molecule has 3 saturated heterocycles. The number of fused-ring (bicyclic) bond motifs is 6. The molecule has 2 bridgehead atoms. The number of pyridine rings is 1. The largest absolute Gasteiger partial charge is 0.362 e. The van der Waals surface area contributed by atoms with Gasteiger partial charge in [0, 0.05) is 24.7 Å². The maximum Gasteiger partial charge on any atom is 0.332 e. The molecule has 1 aromatic carbocycles. The molecule has 4 heterocycles. The first kappa shape index (κ1) is 19.7. The fraction of sp³-hybridized carbons (Fsp3) is 0.409. The Hall–Kier alpha value is -3.25. The number of hydrogen-bond donors (Lipinski definition) is 1. The van der Waals surface area contributed by atoms with Gasteiger partial charge in [0.15, 0.2) is 5.11 Å². The standard InChI is InChI=1S/C22H22N6O2S/c1-12(2)10-25-21(31)26-11-14-8-17(26)19-20(29)28(22(30)27(14)19)16-6-5-13(9-23)18-15(16)4-3-7-24-18/h3-7,12,14,17,19H,8,10-11H2,1-2H3,(H,25,31)/t14-,17-,19-/m0/s1. The zero-order valence-corrected chi connectivity index (χ0v) is 18.1. The van der Waals surface area contributed by atoms with Gasteiger partial charge in [0.2, 0.25) is 0 Å². The first-order valence-corrected chi connectivity index (χ1v) is 10.8. The third-order valence-corrected chi connectivity index (χ3v) is 6.67. The number of aromatic nitrogens is 1. The summed E-state index contributed by atoms with van der Waals surface area (Å²) >= 11 is 5.59. The van der Waals surface area contributed by atoms with E-state index in [1.807, 2.05) is 0 Å². The van der Waals surface area contributed by atoms with Crippen LogP contribution in [0, 0.1) is 17.2 Å². The Kier molecular flexibility index (Phi) is 4.55. The lowest BCUT2D eigenvalue weighted by Crippen LogP contribution is -2.57. The van der Waals surface area contributed by atoms with Gasteiger partial charge in [-0.3, -0.25) is 9.78 Å². The Morgan fingerprint density at radius 2 is 2.16 bits per heavy atom. The van der Waals surface area contributed by atoms with E-state index in [1.165, 1.54) is 4.90 Å². The maximum absolute atomic E-state index is 13.5. The van der Waals surface area contributed by atoms with E-state index < -0.39 is 6.04 Å². The highest BCUT2D eigenvalue weighted by atomic mass is 32.1. The zero-order valence-electron chi connectivity index (χ0n) is 17.3. The lowest BCUT2D eigenvalue weighted by Gasteiger charge is -2.36. The van der Waals surface area contributed by atoms with Crippen molar-refractivity contribution in [3.8, 4) is 6.07 Å². The van der Waals surface area contributed by atoms with Gasteiger partial charge >= 0.3 is 6.03 Å². The Balaban J connectivity index is 1.48. The van der Waals surface area contributed by atoms with Crippen LogP contribution in [0.15, 0.2) is 30.5 Å². The minimum atomic E-state index is -0.549. The summed E-state index contributed by atoms with van der Waals surface area (Å²) in [5, 5.41) is 13.9. The van der Waals surface area contributed by atoms with Crippen LogP contribution in [0.1, 0.15) is 25.8 Å². The number of anilines is 1. The van der Waals surface area contributed by atoms with Gasteiger partial charge in [-0.2, -0.15) is 5.26 Å². The number of likely N-dealkylation sites (tertiary alicyclic amines) is 1. The van der Waals surface area contributed by atoms with Crippen LogP contribution >= 0.6 is 12.2 Å². The van der Waals surface area contributed by atoms with Crippen molar-refractivity contribution in [2.75, 3.05) is 18.0 Å². The summed E-state index contributed by atoms with van der Waals surface area (Å²) < 4.78 is 0. The second-order valence-electron chi connectivity index (χ2n) is 8.64. The summed E-state index contributed by atoms with van der Waals surface area (Å²) in [6.45, 7) is 5.63. The van der Waals surface area contributed by atoms with E-state index in [0.29, 0.717) is 39.7 Å². The molecule has 0 saturated carbocycles. The maximum atomic E-state index is 13.5. The number of rotatable bonds is 3. The summed E-state index contributed by atoms with van der Waals surface area (Å²) in [6.07, 6.45) is 2.34. The van der Waals surface area contributed by atoms with Crippen LogP contribution in [-0.4, -0.2) is 63.0 Å². The Morgan fingerprint density at radius 3 is 2.90 bits per heavy atom. The average molecular weight is 435 g/mol. The van der Waals surface area contributed by atoms with Gasteiger partial charge in [-0.05, 0) is 48.8 Å². The quantitative estimate of drug-likeness (QED) is 0.585. The number of nitrogens with zero attached hydrogens (tertiary/aromatic N) is 5. The minimum Gasteiger partial charge on any atom is -0.362 e. The molecule has 1 aromatic heterocycles. The summed E-state index contributed by atoms with van der Waals surface area (Å²) in [7, 11) is 0. The number of imide groups is 1. The van der Waals surface area contributed by atoms with Crippen LogP contribution in [0.3, 0.4) is 0 Å². The summed E-state index contributed by atoms with van der Waals surface area (Å²) in [4.78, 5) is 36.2. The lowest BCUT2D eigenvalue weighted by molar-refractivity contribution is -0.120.